The van der Waals surface area contributed by atoms with Gasteiger partial charge in [0.05, 0.1) is 5.56 Å². The van der Waals surface area contributed by atoms with Gasteiger partial charge in [-0.25, -0.2) is 4.98 Å². The van der Waals surface area contributed by atoms with Gasteiger partial charge in [0, 0.05) is 18.8 Å². The first-order valence-electron chi connectivity index (χ1n) is 6.05. The molecule has 1 saturated heterocycles. The Hall–Kier alpha value is -1.27. The Kier molecular flexibility index (Phi) is 3.86. The van der Waals surface area contributed by atoms with Crippen LogP contribution in [0.2, 0.25) is 5.02 Å². The smallest absolute Gasteiger partial charge is 0.148 e. The lowest BCUT2D eigenvalue weighted by atomic mass is 10.1. The van der Waals surface area contributed by atoms with E-state index in [-0.39, 0.29) is 0 Å². The summed E-state index contributed by atoms with van der Waals surface area (Å²) in [4.78, 5) is 6.58. The second-order valence-corrected chi connectivity index (χ2v) is 4.88. The van der Waals surface area contributed by atoms with E-state index in [1.54, 1.807) is 12.3 Å². The molecule has 0 amide bonds. The van der Waals surface area contributed by atoms with Crippen LogP contribution in [-0.4, -0.2) is 17.6 Å². The number of pyridine rings is 1. The van der Waals surface area contributed by atoms with Crippen LogP contribution in [0, 0.1) is 11.3 Å². The van der Waals surface area contributed by atoms with Crippen LogP contribution in [0.5, 0.6) is 0 Å². The third-order valence-corrected chi connectivity index (χ3v) is 3.69. The lowest BCUT2D eigenvalue weighted by Crippen LogP contribution is -2.33. The molecule has 3 nitrogen and oxygen atoms in total. The average Bonchev–Trinajstić information content (AvgIpc) is 2.55. The van der Waals surface area contributed by atoms with E-state index in [9.17, 15) is 0 Å². The molecule has 0 radical (unpaired) electrons. The van der Waals surface area contributed by atoms with Gasteiger partial charge in [0.1, 0.15) is 16.9 Å². The number of hydrogen-bond acceptors (Lipinski definition) is 3. The fourth-order valence-corrected chi connectivity index (χ4v) is 2.57. The summed E-state index contributed by atoms with van der Waals surface area (Å²) in [7, 11) is 0. The van der Waals surface area contributed by atoms with E-state index in [1.165, 1.54) is 19.3 Å². The number of anilines is 1. The monoisotopic (exact) mass is 249 g/mol. The first kappa shape index (κ1) is 12.2. The first-order valence-corrected chi connectivity index (χ1v) is 6.43. The lowest BCUT2D eigenvalue weighted by Gasteiger charge is -2.29. The van der Waals surface area contributed by atoms with E-state index in [4.69, 9.17) is 16.9 Å². The zero-order chi connectivity index (χ0) is 12.3. The van der Waals surface area contributed by atoms with Gasteiger partial charge in [-0.3, -0.25) is 0 Å². The Morgan fingerprint density at radius 1 is 1.47 bits per heavy atom. The van der Waals surface area contributed by atoms with E-state index >= 15 is 0 Å². The highest BCUT2D eigenvalue weighted by Gasteiger charge is 2.21. The summed E-state index contributed by atoms with van der Waals surface area (Å²) in [6, 6.07) is 4.21. The maximum Gasteiger partial charge on any atom is 0.148 e. The average molecular weight is 250 g/mol. The topological polar surface area (TPSA) is 39.9 Å². The van der Waals surface area contributed by atoms with Crippen molar-refractivity contribution in [1.82, 2.24) is 4.98 Å². The molecule has 4 heteroatoms. The summed E-state index contributed by atoms with van der Waals surface area (Å²) in [5, 5.41) is 9.47. The minimum Gasteiger partial charge on any atom is -0.353 e. The van der Waals surface area contributed by atoms with Crippen molar-refractivity contribution < 1.29 is 0 Å². The molecule has 0 saturated carbocycles. The summed E-state index contributed by atoms with van der Waals surface area (Å²) in [5.41, 5.74) is 0.508. The first-order chi connectivity index (χ1) is 8.24. The van der Waals surface area contributed by atoms with Crippen molar-refractivity contribution in [2.45, 2.75) is 38.6 Å². The largest absolute Gasteiger partial charge is 0.353 e. The number of hydrogen-bond donors (Lipinski definition) is 0. The minimum absolute atomic E-state index is 0.441. The van der Waals surface area contributed by atoms with Gasteiger partial charge >= 0.3 is 0 Å². The maximum absolute atomic E-state index is 8.98. The molecule has 1 aromatic heterocycles. The molecule has 0 aromatic carbocycles. The van der Waals surface area contributed by atoms with Gasteiger partial charge in [-0.2, -0.15) is 5.26 Å². The SMILES string of the molecule is CC1CCCCCN1c1nccc(C#N)c1Cl. The molecule has 0 aliphatic carbocycles. The maximum atomic E-state index is 8.98. The van der Waals surface area contributed by atoms with Gasteiger partial charge in [-0.1, -0.05) is 24.4 Å². The summed E-state index contributed by atoms with van der Waals surface area (Å²) in [6.07, 6.45) is 6.51. The second kappa shape index (κ2) is 5.37. The van der Waals surface area contributed by atoms with Crippen LogP contribution in [0.4, 0.5) is 5.82 Å². The van der Waals surface area contributed by atoms with Gasteiger partial charge in [0.2, 0.25) is 0 Å². The van der Waals surface area contributed by atoms with Crippen LogP contribution < -0.4 is 4.90 Å². The van der Waals surface area contributed by atoms with Gasteiger partial charge in [0.15, 0.2) is 0 Å². The summed E-state index contributed by atoms with van der Waals surface area (Å²) in [6.45, 7) is 3.17. The highest BCUT2D eigenvalue weighted by molar-refractivity contribution is 6.34. The molecule has 0 bridgehead atoms. The van der Waals surface area contributed by atoms with Crippen molar-refractivity contribution in [2.24, 2.45) is 0 Å². The zero-order valence-electron chi connectivity index (χ0n) is 9.99. The summed E-state index contributed by atoms with van der Waals surface area (Å²) >= 11 is 6.23. The predicted octanol–water partition coefficient (Wildman–Crippen LogP) is 3.38. The van der Waals surface area contributed by atoms with Crippen LogP contribution in [-0.2, 0) is 0 Å². The molecule has 1 aliphatic heterocycles. The quantitative estimate of drug-likeness (QED) is 0.766. The van der Waals surface area contributed by atoms with E-state index in [0.29, 0.717) is 16.6 Å². The molecule has 17 heavy (non-hydrogen) atoms. The molecule has 1 fully saturated rings. The lowest BCUT2D eigenvalue weighted by molar-refractivity contribution is 0.611. The molecule has 1 atom stereocenters. The second-order valence-electron chi connectivity index (χ2n) is 4.50. The molecule has 2 heterocycles. The number of nitrogens with zero attached hydrogens (tertiary/aromatic N) is 3. The molecular formula is C13H16ClN3. The third kappa shape index (κ3) is 2.53. The highest BCUT2D eigenvalue weighted by Crippen LogP contribution is 2.30. The van der Waals surface area contributed by atoms with Gasteiger partial charge in [-0.15, -0.1) is 0 Å². The third-order valence-electron chi connectivity index (χ3n) is 3.32. The van der Waals surface area contributed by atoms with Crippen molar-refractivity contribution in [1.29, 1.82) is 5.26 Å². The van der Waals surface area contributed by atoms with Crippen molar-refractivity contribution in [3.05, 3.63) is 22.8 Å². The summed E-state index contributed by atoms with van der Waals surface area (Å²) < 4.78 is 0. The fraction of sp³-hybridized carbons (Fsp3) is 0.538. The molecular weight excluding hydrogens is 234 g/mol. The molecule has 1 aliphatic rings. The molecule has 0 N–H and O–H groups in total. The Bertz CT molecular complexity index is 439. The fourth-order valence-electron chi connectivity index (χ4n) is 2.31. The van der Waals surface area contributed by atoms with E-state index < -0.39 is 0 Å². The van der Waals surface area contributed by atoms with E-state index in [2.05, 4.69) is 22.9 Å². The Morgan fingerprint density at radius 3 is 3.06 bits per heavy atom. The predicted molar refractivity (Wildman–Crippen MR) is 69.2 cm³/mol. The minimum atomic E-state index is 0.441. The van der Waals surface area contributed by atoms with Crippen molar-refractivity contribution in [3.63, 3.8) is 0 Å². The summed E-state index contributed by atoms with van der Waals surface area (Å²) in [5.74, 6) is 0.764. The standard InChI is InChI=1S/C13H16ClN3/c1-10-5-3-2-4-8-17(10)13-12(14)11(9-15)6-7-16-13/h6-7,10H,2-5,8H2,1H3. The Labute approximate surface area is 107 Å². The molecule has 1 unspecified atom stereocenters. The van der Waals surface area contributed by atoms with Crippen molar-refractivity contribution >= 4 is 17.4 Å². The number of halogens is 1. The molecule has 0 spiro atoms. The number of nitriles is 1. The van der Waals surface area contributed by atoms with Crippen molar-refractivity contribution in [3.8, 4) is 6.07 Å². The molecule has 90 valence electrons. The van der Waals surface area contributed by atoms with Crippen LogP contribution in [0.1, 0.15) is 38.2 Å². The van der Waals surface area contributed by atoms with Crippen molar-refractivity contribution in [2.75, 3.05) is 11.4 Å². The number of rotatable bonds is 1. The number of aromatic nitrogens is 1. The van der Waals surface area contributed by atoms with Gasteiger partial charge in [-0.05, 0) is 25.8 Å². The van der Waals surface area contributed by atoms with E-state index in [1.807, 2.05) is 0 Å². The van der Waals surface area contributed by atoms with Crippen LogP contribution in [0.15, 0.2) is 12.3 Å². The van der Waals surface area contributed by atoms with Crippen LogP contribution in [0.25, 0.3) is 0 Å². The van der Waals surface area contributed by atoms with Crippen LogP contribution in [0.3, 0.4) is 0 Å². The van der Waals surface area contributed by atoms with E-state index in [0.717, 1.165) is 18.8 Å². The Morgan fingerprint density at radius 2 is 2.29 bits per heavy atom. The molecule has 2 rings (SSSR count). The zero-order valence-corrected chi connectivity index (χ0v) is 10.7. The highest BCUT2D eigenvalue weighted by atomic mass is 35.5. The Balaban J connectivity index is 2.35. The van der Waals surface area contributed by atoms with Crippen LogP contribution >= 0.6 is 11.6 Å². The normalized spacial score (nSPS) is 20.8. The van der Waals surface area contributed by atoms with Gasteiger partial charge in [0.25, 0.3) is 0 Å². The molecule has 1 aromatic rings. The van der Waals surface area contributed by atoms with Gasteiger partial charge < -0.3 is 4.90 Å².